The lowest BCUT2D eigenvalue weighted by molar-refractivity contribution is -0.120. The zero-order valence-corrected chi connectivity index (χ0v) is 12.2. The van der Waals surface area contributed by atoms with E-state index in [1.54, 1.807) is 18.2 Å². The van der Waals surface area contributed by atoms with Gasteiger partial charge in [-0.05, 0) is 22.8 Å². The van der Waals surface area contributed by atoms with E-state index in [2.05, 4.69) is 33.0 Å². The summed E-state index contributed by atoms with van der Waals surface area (Å²) in [5.41, 5.74) is 1.25. The molecule has 0 radical (unpaired) electrons. The van der Waals surface area contributed by atoms with E-state index in [1.807, 2.05) is 6.07 Å². The second-order valence-electron chi connectivity index (χ2n) is 6.61. The van der Waals surface area contributed by atoms with Crippen LogP contribution in [0.3, 0.4) is 0 Å². The molecule has 1 aliphatic rings. The van der Waals surface area contributed by atoms with Crippen molar-refractivity contribution in [2.24, 2.45) is 16.7 Å². The van der Waals surface area contributed by atoms with Crippen LogP contribution in [-0.2, 0) is 11.2 Å². The quantitative estimate of drug-likeness (QED) is 0.875. The van der Waals surface area contributed by atoms with Gasteiger partial charge in [-0.1, -0.05) is 45.9 Å². The summed E-state index contributed by atoms with van der Waals surface area (Å²) in [5, 5.41) is 12.6. The highest BCUT2D eigenvalue weighted by Gasteiger charge is 2.64. The second kappa shape index (κ2) is 4.55. The van der Waals surface area contributed by atoms with Crippen LogP contribution in [0.15, 0.2) is 24.3 Å². The van der Waals surface area contributed by atoms with Crippen LogP contribution >= 0.6 is 0 Å². The van der Waals surface area contributed by atoms with Gasteiger partial charge < -0.3 is 10.4 Å². The van der Waals surface area contributed by atoms with Gasteiger partial charge in [0.05, 0.1) is 6.42 Å². The molecule has 0 unspecified atom stereocenters. The van der Waals surface area contributed by atoms with Crippen molar-refractivity contribution in [2.45, 2.75) is 34.1 Å². The molecule has 2 rings (SSSR count). The standard InChI is InChI=1S/C16H23NO2/c1-15(2)13(16(15,3)4)10-17-14(19)9-11-7-5-6-8-12(11)18/h5-8,13,18H,9-10H2,1-4H3,(H,17,19). The average Bonchev–Trinajstić information content (AvgIpc) is 2.70. The van der Waals surface area contributed by atoms with Crippen LogP contribution < -0.4 is 5.32 Å². The zero-order valence-electron chi connectivity index (χ0n) is 12.2. The van der Waals surface area contributed by atoms with Crippen molar-refractivity contribution in [3.05, 3.63) is 29.8 Å². The van der Waals surface area contributed by atoms with Crippen molar-refractivity contribution in [1.82, 2.24) is 5.32 Å². The second-order valence-corrected chi connectivity index (χ2v) is 6.61. The van der Waals surface area contributed by atoms with Crippen LogP contribution in [0, 0.1) is 16.7 Å². The topological polar surface area (TPSA) is 49.3 Å². The van der Waals surface area contributed by atoms with E-state index in [0.29, 0.717) is 18.0 Å². The molecule has 1 aliphatic carbocycles. The molecule has 1 aromatic carbocycles. The molecular weight excluding hydrogens is 238 g/mol. The first kappa shape index (κ1) is 13.9. The summed E-state index contributed by atoms with van der Waals surface area (Å²) in [6.45, 7) is 9.69. The number of aromatic hydroxyl groups is 1. The Morgan fingerprint density at radius 3 is 2.32 bits per heavy atom. The number of hydrogen-bond donors (Lipinski definition) is 2. The Labute approximate surface area is 115 Å². The number of para-hydroxylation sites is 1. The van der Waals surface area contributed by atoms with E-state index in [4.69, 9.17) is 0 Å². The van der Waals surface area contributed by atoms with Crippen LogP contribution in [0.1, 0.15) is 33.3 Å². The lowest BCUT2D eigenvalue weighted by atomic mass is 10.0. The summed E-state index contributed by atoms with van der Waals surface area (Å²) in [6, 6.07) is 6.97. The maximum absolute atomic E-state index is 11.9. The largest absolute Gasteiger partial charge is 0.508 e. The minimum Gasteiger partial charge on any atom is -0.508 e. The number of carbonyl (C=O) groups is 1. The highest BCUT2D eigenvalue weighted by Crippen LogP contribution is 2.67. The van der Waals surface area contributed by atoms with Crippen molar-refractivity contribution in [2.75, 3.05) is 6.54 Å². The highest BCUT2D eigenvalue weighted by molar-refractivity contribution is 5.79. The van der Waals surface area contributed by atoms with Crippen molar-refractivity contribution in [3.63, 3.8) is 0 Å². The van der Waals surface area contributed by atoms with Gasteiger partial charge in [-0.15, -0.1) is 0 Å². The molecule has 3 heteroatoms. The molecule has 0 heterocycles. The summed E-state index contributed by atoms with van der Waals surface area (Å²) >= 11 is 0. The Morgan fingerprint density at radius 1 is 1.21 bits per heavy atom. The molecule has 0 spiro atoms. The lowest BCUT2D eigenvalue weighted by Crippen LogP contribution is -2.28. The molecule has 104 valence electrons. The minimum absolute atomic E-state index is 0.0278. The van der Waals surface area contributed by atoms with Gasteiger partial charge in [0.2, 0.25) is 5.91 Å². The zero-order chi connectivity index (χ0) is 14.3. The van der Waals surface area contributed by atoms with E-state index in [-0.39, 0.29) is 28.9 Å². The van der Waals surface area contributed by atoms with Crippen LogP contribution in [0.2, 0.25) is 0 Å². The maximum atomic E-state index is 11.9. The number of rotatable bonds is 4. The van der Waals surface area contributed by atoms with Gasteiger partial charge in [0, 0.05) is 12.1 Å². The third-order valence-corrected chi connectivity index (χ3v) is 5.17. The summed E-state index contributed by atoms with van der Waals surface area (Å²) < 4.78 is 0. The Morgan fingerprint density at radius 2 is 1.79 bits per heavy atom. The van der Waals surface area contributed by atoms with E-state index in [0.717, 1.165) is 0 Å². The molecule has 19 heavy (non-hydrogen) atoms. The van der Waals surface area contributed by atoms with Gasteiger partial charge in [-0.3, -0.25) is 4.79 Å². The van der Waals surface area contributed by atoms with E-state index >= 15 is 0 Å². The van der Waals surface area contributed by atoms with Crippen molar-refractivity contribution >= 4 is 5.91 Å². The van der Waals surface area contributed by atoms with Gasteiger partial charge in [-0.25, -0.2) is 0 Å². The van der Waals surface area contributed by atoms with Crippen LogP contribution in [0.25, 0.3) is 0 Å². The summed E-state index contributed by atoms with van der Waals surface area (Å²) in [7, 11) is 0. The van der Waals surface area contributed by atoms with Gasteiger partial charge >= 0.3 is 0 Å². The number of amides is 1. The van der Waals surface area contributed by atoms with Gasteiger partial charge in [0.25, 0.3) is 0 Å². The van der Waals surface area contributed by atoms with Crippen LogP contribution in [-0.4, -0.2) is 17.6 Å². The fraction of sp³-hybridized carbons (Fsp3) is 0.562. The molecule has 1 aromatic rings. The first-order valence-corrected chi connectivity index (χ1v) is 6.80. The van der Waals surface area contributed by atoms with Gasteiger partial charge in [-0.2, -0.15) is 0 Å². The molecule has 0 aliphatic heterocycles. The Hall–Kier alpha value is -1.51. The molecule has 1 fully saturated rings. The fourth-order valence-electron chi connectivity index (χ4n) is 2.96. The third-order valence-electron chi connectivity index (χ3n) is 5.17. The van der Waals surface area contributed by atoms with Gasteiger partial charge in [0.15, 0.2) is 0 Å². The number of benzene rings is 1. The molecule has 1 amide bonds. The monoisotopic (exact) mass is 261 g/mol. The number of hydrogen-bond acceptors (Lipinski definition) is 2. The van der Waals surface area contributed by atoms with Gasteiger partial charge in [0.1, 0.15) is 5.75 Å². The van der Waals surface area contributed by atoms with Crippen molar-refractivity contribution in [3.8, 4) is 5.75 Å². The molecule has 0 atom stereocenters. The van der Waals surface area contributed by atoms with Crippen molar-refractivity contribution < 1.29 is 9.90 Å². The summed E-state index contributed by atoms with van der Waals surface area (Å²) in [5.74, 6) is 0.679. The molecule has 1 saturated carbocycles. The Balaban J connectivity index is 1.86. The predicted molar refractivity (Wildman–Crippen MR) is 75.9 cm³/mol. The molecular formula is C16H23NO2. The Bertz CT molecular complexity index is 477. The van der Waals surface area contributed by atoms with Crippen LogP contribution in [0.5, 0.6) is 5.75 Å². The Kier molecular flexibility index (Phi) is 3.33. The summed E-state index contributed by atoms with van der Waals surface area (Å²) in [6.07, 6.45) is 0.236. The molecule has 0 aromatic heterocycles. The maximum Gasteiger partial charge on any atom is 0.224 e. The highest BCUT2D eigenvalue weighted by atomic mass is 16.3. The minimum atomic E-state index is -0.0278. The third kappa shape index (κ3) is 2.46. The molecule has 0 saturated heterocycles. The first-order chi connectivity index (χ1) is 8.76. The number of nitrogens with one attached hydrogen (secondary N) is 1. The van der Waals surface area contributed by atoms with E-state index in [1.165, 1.54) is 0 Å². The average molecular weight is 261 g/mol. The molecule has 2 N–H and O–H groups in total. The van der Waals surface area contributed by atoms with Crippen LogP contribution in [0.4, 0.5) is 0 Å². The molecule has 3 nitrogen and oxygen atoms in total. The number of phenols is 1. The number of phenolic OH excluding ortho intramolecular Hbond substituents is 1. The SMILES string of the molecule is CC1(C)C(CNC(=O)Cc2ccccc2O)C1(C)C. The fourth-order valence-corrected chi connectivity index (χ4v) is 2.96. The summed E-state index contributed by atoms with van der Waals surface area (Å²) in [4.78, 5) is 11.9. The number of carbonyl (C=O) groups excluding carboxylic acids is 1. The molecule has 0 bridgehead atoms. The smallest absolute Gasteiger partial charge is 0.224 e. The first-order valence-electron chi connectivity index (χ1n) is 6.80. The van der Waals surface area contributed by atoms with E-state index < -0.39 is 0 Å². The predicted octanol–water partition coefficient (Wildman–Crippen LogP) is 2.73. The van der Waals surface area contributed by atoms with Crippen molar-refractivity contribution in [1.29, 1.82) is 0 Å². The normalized spacial score (nSPS) is 20.0. The van der Waals surface area contributed by atoms with E-state index in [9.17, 15) is 9.90 Å². The lowest BCUT2D eigenvalue weighted by Gasteiger charge is -2.07.